The van der Waals surface area contributed by atoms with Crippen LogP contribution in [0.25, 0.3) is 0 Å². The van der Waals surface area contributed by atoms with Gasteiger partial charge >= 0.3 is 12.1 Å². The summed E-state index contributed by atoms with van der Waals surface area (Å²) in [5.41, 5.74) is 8.50. The number of amides is 1. The van der Waals surface area contributed by atoms with E-state index < -0.39 is 12.1 Å². The first-order valence-corrected chi connectivity index (χ1v) is 16.6. The van der Waals surface area contributed by atoms with Crippen molar-refractivity contribution >= 4 is 12.1 Å². The number of rotatable bonds is 21. The number of hydroxylamine groups is 3. The van der Waals surface area contributed by atoms with Crippen LogP contribution in [0.15, 0.2) is 22.5 Å². The van der Waals surface area contributed by atoms with E-state index in [0.29, 0.717) is 31.1 Å². The number of nitrogens with one attached hydrogen (secondary N) is 1. The van der Waals surface area contributed by atoms with Gasteiger partial charge in [0, 0.05) is 25.5 Å². The van der Waals surface area contributed by atoms with E-state index in [1.807, 2.05) is 13.8 Å². The molecule has 2 aliphatic heterocycles. The summed E-state index contributed by atoms with van der Waals surface area (Å²) in [5, 5.41) is 2.93. The molecular formula is C33H60N3O5+. The monoisotopic (exact) mass is 578 g/mol. The van der Waals surface area contributed by atoms with Crippen molar-refractivity contribution in [2.75, 3.05) is 26.8 Å². The van der Waals surface area contributed by atoms with Crippen LogP contribution in [0.4, 0.5) is 4.79 Å². The van der Waals surface area contributed by atoms with Crippen molar-refractivity contribution in [3.8, 4) is 0 Å². The second-order valence-corrected chi connectivity index (χ2v) is 11.9. The largest absolute Gasteiger partial charge is 0.465 e. The zero-order valence-corrected chi connectivity index (χ0v) is 26.9. The number of carbonyl (C=O) groups excluding carboxylic acids is 2. The third-order valence-corrected chi connectivity index (χ3v) is 9.04. The number of methoxy groups -OCH3 is 1. The van der Waals surface area contributed by atoms with Gasteiger partial charge in [0.1, 0.15) is 12.1 Å². The van der Waals surface area contributed by atoms with Crippen LogP contribution in [-0.2, 0) is 19.1 Å². The number of allylic oxidation sites excluding steroid dienone is 1. The van der Waals surface area contributed by atoms with Gasteiger partial charge in [-0.15, -0.1) is 0 Å². The Kier molecular flexibility index (Phi) is 16.4. The van der Waals surface area contributed by atoms with Gasteiger partial charge in [-0.05, 0) is 20.3 Å². The maximum absolute atomic E-state index is 12.9. The van der Waals surface area contributed by atoms with E-state index in [9.17, 15) is 9.59 Å². The van der Waals surface area contributed by atoms with E-state index >= 15 is 0 Å². The molecule has 3 N–H and O–H groups in total. The summed E-state index contributed by atoms with van der Waals surface area (Å²) in [6.07, 6.45) is 21.2. The molecule has 41 heavy (non-hydrogen) atoms. The van der Waals surface area contributed by atoms with Gasteiger partial charge in [-0.25, -0.2) is 14.4 Å². The van der Waals surface area contributed by atoms with Crippen molar-refractivity contribution in [2.45, 2.75) is 149 Å². The molecule has 8 heteroatoms. The lowest BCUT2D eigenvalue weighted by atomic mass is 9.87. The number of carbonyl (C=O) groups is 2. The molecule has 0 aliphatic carbocycles. The molecule has 3 atom stereocenters. The summed E-state index contributed by atoms with van der Waals surface area (Å²) in [7, 11) is 1.33. The summed E-state index contributed by atoms with van der Waals surface area (Å²) in [4.78, 5) is 31.7. The predicted octanol–water partition coefficient (Wildman–Crippen LogP) is 7.58. The summed E-state index contributed by atoms with van der Waals surface area (Å²) in [5.74, 6) is -0.531. The van der Waals surface area contributed by atoms with Crippen LogP contribution in [0.2, 0.25) is 0 Å². The molecule has 1 saturated heterocycles. The molecule has 3 unspecified atom stereocenters. The first kappa shape index (κ1) is 35.1. The molecule has 0 spiro atoms. The molecule has 0 bridgehead atoms. The first-order valence-electron chi connectivity index (χ1n) is 16.6. The molecule has 2 rings (SSSR count). The second-order valence-electron chi connectivity index (χ2n) is 11.9. The topological polar surface area (TPSA) is 99.9 Å². The first-order chi connectivity index (χ1) is 19.8. The van der Waals surface area contributed by atoms with Crippen LogP contribution >= 0.6 is 0 Å². The number of quaternary nitrogens is 1. The molecule has 0 aromatic rings. The van der Waals surface area contributed by atoms with E-state index in [-0.39, 0.29) is 22.4 Å². The molecule has 1 fully saturated rings. The molecule has 2 heterocycles. The lowest BCUT2D eigenvalue weighted by molar-refractivity contribution is -1.07. The van der Waals surface area contributed by atoms with Crippen LogP contribution < -0.4 is 11.1 Å². The molecule has 0 radical (unpaired) electrons. The highest BCUT2D eigenvalue weighted by molar-refractivity contribution is 5.94. The summed E-state index contributed by atoms with van der Waals surface area (Å²) in [6.45, 7) is 9.65. The third kappa shape index (κ3) is 10.3. The standard InChI is InChI=1S/C33H59N3O5/c1-6-8-9-10-11-12-13-14-15-16-17-18-19-20-21-22-24-35-33(38)41-36(7-2)26(3)29(28-23-25-40-28)31(34)30(27(36)4)32(37)39-5/h26,28H,6-25,34H2,1-5H3/p+1. The minimum absolute atomic E-state index is 0.134. The van der Waals surface area contributed by atoms with Gasteiger partial charge in [0.15, 0.2) is 11.7 Å². The molecule has 0 aromatic heterocycles. The predicted molar refractivity (Wildman–Crippen MR) is 165 cm³/mol. The number of esters is 1. The fraction of sp³-hybridized carbons (Fsp3) is 0.818. The third-order valence-electron chi connectivity index (χ3n) is 9.04. The number of nitrogens with two attached hydrogens (primary N) is 1. The SMILES string of the molecule is CCCCCCCCCCCCCCCCCCNC(=O)O[N+]1(CC)C(C)=C(C(=O)OC)C(N)=C(C2CCO2)C1C. The Morgan fingerprint density at radius 3 is 1.80 bits per heavy atom. The summed E-state index contributed by atoms with van der Waals surface area (Å²) < 4.78 is 10.6. The number of nitrogens with zero attached hydrogens (tertiary/aromatic N) is 1. The van der Waals surface area contributed by atoms with Gasteiger partial charge in [0.05, 0.1) is 25.5 Å². The maximum Gasteiger partial charge on any atom is 0.462 e. The van der Waals surface area contributed by atoms with Crippen LogP contribution in [0, 0.1) is 0 Å². The van der Waals surface area contributed by atoms with Crippen LogP contribution in [-0.4, -0.2) is 55.7 Å². The highest BCUT2D eigenvalue weighted by Crippen LogP contribution is 2.41. The quantitative estimate of drug-likeness (QED) is 0.0827. The Labute approximate surface area is 250 Å². The molecular weight excluding hydrogens is 518 g/mol. The highest BCUT2D eigenvalue weighted by atomic mass is 16.8. The van der Waals surface area contributed by atoms with Crippen LogP contribution in [0.5, 0.6) is 0 Å². The van der Waals surface area contributed by atoms with Crippen molar-refractivity contribution in [2.24, 2.45) is 5.73 Å². The van der Waals surface area contributed by atoms with Gasteiger partial charge in [-0.3, -0.25) is 0 Å². The lowest BCUT2D eigenvalue weighted by Crippen LogP contribution is -2.60. The smallest absolute Gasteiger partial charge is 0.462 e. The van der Waals surface area contributed by atoms with Crippen molar-refractivity contribution in [1.82, 2.24) is 5.32 Å². The van der Waals surface area contributed by atoms with Gasteiger partial charge in [-0.2, -0.15) is 0 Å². The van der Waals surface area contributed by atoms with E-state index in [1.54, 1.807) is 6.92 Å². The molecule has 236 valence electrons. The number of unbranched alkanes of at least 4 members (excludes halogenated alkanes) is 15. The zero-order valence-electron chi connectivity index (χ0n) is 26.9. The molecule has 1 amide bonds. The van der Waals surface area contributed by atoms with Gasteiger partial charge in [-0.1, -0.05) is 108 Å². The summed E-state index contributed by atoms with van der Waals surface area (Å²) >= 11 is 0. The van der Waals surface area contributed by atoms with Crippen molar-refractivity contribution in [3.05, 3.63) is 22.5 Å². The Morgan fingerprint density at radius 1 is 0.902 bits per heavy atom. The van der Waals surface area contributed by atoms with Gasteiger partial charge in [0.25, 0.3) is 0 Å². The average Bonchev–Trinajstić information content (AvgIpc) is 2.94. The van der Waals surface area contributed by atoms with Crippen LogP contribution in [0.1, 0.15) is 137 Å². The van der Waals surface area contributed by atoms with Crippen molar-refractivity contribution in [1.29, 1.82) is 0 Å². The average molecular weight is 579 g/mol. The second kappa shape index (κ2) is 19.2. The minimum Gasteiger partial charge on any atom is -0.465 e. The lowest BCUT2D eigenvalue weighted by Gasteiger charge is -2.45. The van der Waals surface area contributed by atoms with E-state index in [2.05, 4.69) is 12.2 Å². The van der Waals surface area contributed by atoms with Gasteiger partial charge < -0.3 is 20.5 Å². The zero-order chi connectivity index (χ0) is 30.1. The van der Waals surface area contributed by atoms with E-state index in [4.69, 9.17) is 20.0 Å². The number of ether oxygens (including phenoxy) is 2. The number of likely N-dealkylation sites (N-methyl/N-ethyl adjacent to an activating group) is 1. The van der Waals surface area contributed by atoms with Crippen molar-refractivity contribution in [3.63, 3.8) is 0 Å². The Bertz CT molecular complexity index is 867. The highest BCUT2D eigenvalue weighted by Gasteiger charge is 2.52. The minimum atomic E-state index is -0.531. The Balaban J connectivity index is 1.67. The summed E-state index contributed by atoms with van der Waals surface area (Å²) in [6, 6.07) is -0.278. The Morgan fingerprint density at radius 2 is 1.39 bits per heavy atom. The maximum atomic E-state index is 12.9. The van der Waals surface area contributed by atoms with E-state index in [0.717, 1.165) is 24.8 Å². The fourth-order valence-corrected chi connectivity index (χ4v) is 6.32. The normalized spacial score (nSPS) is 22.5. The van der Waals surface area contributed by atoms with Gasteiger partial charge in [0.2, 0.25) is 0 Å². The fourth-order valence-electron chi connectivity index (χ4n) is 6.32. The van der Waals surface area contributed by atoms with E-state index in [1.165, 1.54) is 97.0 Å². The molecule has 8 nitrogen and oxygen atoms in total. The Hall–Kier alpha value is -2.06. The molecule has 2 aliphatic rings. The number of hydrogen-bond donors (Lipinski definition) is 2. The van der Waals surface area contributed by atoms with Crippen molar-refractivity contribution < 1.29 is 28.5 Å². The number of hydrogen-bond acceptors (Lipinski definition) is 6. The van der Waals surface area contributed by atoms with Crippen LogP contribution in [0.3, 0.4) is 0 Å². The molecule has 0 aromatic carbocycles. The molecule has 0 saturated carbocycles.